The van der Waals surface area contributed by atoms with Crippen LogP contribution in [0.5, 0.6) is 0 Å². The van der Waals surface area contributed by atoms with Crippen molar-refractivity contribution in [3.05, 3.63) is 66.0 Å². The third kappa shape index (κ3) is 8.77. The third-order valence-electron chi connectivity index (χ3n) is 6.97. The lowest BCUT2D eigenvalue weighted by Gasteiger charge is -2.32. The van der Waals surface area contributed by atoms with Crippen LogP contribution < -0.4 is 16.0 Å². The van der Waals surface area contributed by atoms with Gasteiger partial charge in [0.2, 0.25) is 11.8 Å². The van der Waals surface area contributed by atoms with Crippen LogP contribution in [0.1, 0.15) is 59.2 Å². The minimum Gasteiger partial charge on any atom is -0.444 e. The smallest absolute Gasteiger partial charge is 0.408 e. The van der Waals surface area contributed by atoms with Crippen LogP contribution in [-0.4, -0.2) is 57.1 Å². The number of aromatic nitrogens is 2. The summed E-state index contributed by atoms with van der Waals surface area (Å²) in [5.41, 5.74) is 0.806. The highest BCUT2D eigenvalue weighted by atomic mass is 19.1. The van der Waals surface area contributed by atoms with Crippen molar-refractivity contribution in [1.29, 1.82) is 0 Å². The van der Waals surface area contributed by atoms with Crippen molar-refractivity contribution in [2.45, 2.75) is 78.1 Å². The van der Waals surface area contributed by atoms with E-state index < -0.39 is 29.5 Å². The summed E-state index contributed by atoms with van der Waals surface area (Å²) in [6.07, 6.45) is 1.74. The molecule has 3 amide bonds. The van der Waals surface area contributed by atoms with Gasteiger partial charge in [-0.1, -0.05) is 31.9 Å². The van der Waals surface area contributed by atoms with Crippen molar-refractivity contribution in [2.24, 2.45) is 0 Å². The van der Waals surface area contributed by atoms with Crippen LogP contribution in [0, 0.1) is 11.6 Å². The average Bonchev–Trinajstić information content (AvgIpc) is 3.32. The van der Waals surface area contributed by atoms with Gasteiger partial charge in [0.15, 0.2) is 0 Å². The second kappa shape index (κ2) is 14.3. The maximum absolute atomic E-state index is 14.2. The zero-order valence-electron chi connectivity index (χ0n) is 25.6. The maximum Gasteiger partial charge on any atom is 0.408 e. The van der Waals surface area contributed by atoms with Gasteiger partial charge in [-0.25, -0.2) is 18.6 Å². The first-order chi connectivity index (χ1) is 20.9. The lowest BCUT2D eigenvalue weighted by Crippen LogP contribution is -2.53. The Bertz CT molecular complexity index is 1470. The van der Waals surface area contributed by atoms with Crippen LogP contribution in [-0.2, 0) is 27.4 Å². The van der Waals surface area contributed by atoms with Crippen LogP contribution in [0.2, 0.25) is 0 Å². The molecular formula is C32H40F2N6O4. The highest BCUT2D eigenvalue weighted by Gasteiger charge is 2.33. The number of amides is 3. The quantitative estimate of drug-likeness (QED) is 0.247. The fourth-order valence-electron chi connectivity index (χ4n) is 4.88. The molecule has 236 valence electrons. The Labute approximate surface area is 256 Å². The minimum absolute atomic E-state index is 0.0802. The number of anilines is 2. The molecule has 0 fully saturated rings. The van der Waals surface area contributed by atoms with E-state index in [9.17, 15) is 23.2 Å². The van der Waals surface area contributed by atoms with Crippen LogP contribution >= 0.6 is 0 Å². The molecule has 12 heteroatoms. The monoisotopic (exact) mass is 610 g/mol. The first-order valence-electron chi connectivity index (χ1n) is 14.9. The molecule has 3 aromatic rings. The average molecular weight is 611 g/mol. The van der Waals surface area contributed by atoms with Gasteiger partial charge in [-0.3, -0.25) is 9.59 Å². The summed E-state index contributed by atoms with van der Waals surface area (Å²) in [6.45, 7) is 8.34. The van der Waals surface area contributed by atoms with E-state index in [4.69, 9.17) is 9.72 Å². The number of fused-ring (bicyclic) bond motifs is 1. The normalized spacial score (nSPS) is 13.5. The predicted octanol–water partition coefficient (Wildman–Crippen LogP) is 5.50. The number of nitrogens with zero attached hydrogens (tertiary/aromatic N) is 3. The summed E-state index contributed by atoms with van der Waals surface area (Å²) >= 11 is 0. The molecule has 0 saturated carbocycles. The topological polar surface area (TPSA) is 118 Å². The molecule has 0 saturated heterocycles. The van der Waals surface area contributed by atoms with Gasteiger partial charge >= 0.3 is 6.09 Å². The van der Waals surface area contributed by atoms with Gasteiger partial charge in [0, 0.05) is 30.9 Å². The molecule has 0 spiro atoms. The van der Waals surface area contributed by atoms with E-state index in [-0.39, 0.29) is 31.2 Å². The van der Waals surface area contributed by atoms with Gasteiger partial charge in [-0.05, 0) is 63.6 Å². The molecule has 0 radical (unpaired) electrons. The number of nitrogens with one attached hydrogen (secondary N) is 3. The Morgan fingerprint density at radius 2 is 1.77 bits per heavy atom. The lowest BCUT2D eigenvalue weighted by molar-refractivity contribution is -0.137. The predicted molar refractivity (Wildman–Crippen MR) is 163 cm³/mol. The molecule has 10 nitrogen and oxygen atoms in total. The second-order valence-corrected chi connectivity index (χ2v) is 11.7. The van der Waals surface area contributed by atoms with Gasteiger partial charge in [0.25, 0.3) is 0 Å². The molecule has 1 atom stereocenters. The van der Waals surface area contributed by atoms with Crippen LogP contribution in [0.3, 0.4) is 0 Å². The summed E-state index contributed by atoms with van der Waals surface area (Å²) in [5.74, 6) is -0.522. The molecule has 2 heterocycles. The second-order valence-electron chi connectivity index (χ2n) is 11.7. The molecule has 1 aliphatic rings. The number of ether oxygens (including phenoxy) is 1. The van der Waals surface area contributed by atoms with Gasteiger partial charge in [-0.15, -0.1) is 0 Å². The number of carbonyl (C=O) groups excluding carboxylic acids is 3. The van der Waals surface area contributed by atoms with Crippen LogP contribution in [0.25, 0.3) is 11.3 Å². The lowest BCUT2D eigenvalue weighted by atomic mass is 10.1. The maximum atomic E-state index is 14.2. The number of halogens is 2. The SMILES string of the molecule is CCCCCNC(=O)C[C@H](NC(=O)OC(C)(C)C)C(=O)N1CCn2c(nc(-c3cccc(F)c3)c2Nc2ccc(F)cc2)C1. The van der Waals surface area contributed by atoms with Crippen molar-refractivity contribution >= 4 is 29.4 Å². The fraction of sp³-hybridized carbons (Fsp3) is 0.438. The number of unbranched alkanes of at least 4 members (excludes halogenated alkanes) is 2. The van der Waals surface area contributed by atoms with Gasteiger partial charge in [-0.2, -0.15) is 0 Å². The molecule has 44 heavy (non-hydrogen) atoms. The standard InChI is InChI=1S/C32H40F2N6O4/c1-5-6-7-15-35-27(41)19-25(37-31(43)44-32(2,3)4)30(42)39-16-17-40-26(20-39)38-28(21-9-8-10-23(34)18-21)29(40)36-24-13-11-22(33)12-14-24/h8-14,18,25,36H,5-7,15-17,19-20H2,1-4H3,(H,35,41)(H,37,43)/t25-/m0/s1. The summed E-state index contributed by atoms with van der Waals surface area (Å²) in [4.78, 5) is 45.5. The van der Waals surface area contributed by atoms with E-state index in [1.165, 1.54) is 29.2 Å². The summed E-state index contributed by atoms with van der Waals surface area (Å²) in [6, 6.07) is 10.7. The Hall–Kier alpha value is -4.48. The highest BCUT2D eigenvalue weighted by Crippen LogP contribution is 2.33. The summed E-state index contributed by atoms with van der Waals surface area (Å²) < 4.78 is 35.0. The molecule has 4 rings (SSSR count). The van der Waals surface area contributed by atoms with Crippen molar-refractivity contribution < 1.29 is 27.9 Å². The first-order valence-corrected chi connectivity index (χ1v) is 14.9. The number of rotatable bonds is 11. The summed E-state index contributed by atoms with van der Waals surface area (Å²) in [7, 11) is 0. The number of alkyl carbamates (subject to hydrolysis) is 1. The molecule has 2 aromatic carbocycles. The number of benzene rings is 2. The van der Waals surface area contributed by atoms with Crippen LogP contribution in [0.15, 0.2) is 48.5 Å². The van der Waals surface area contributed by atoms with Gasteiger partial charge in [0.1, 0.15) is 40.6 Å². The first kappa shape index (κ1) is 32.4. The van der Waals surface area contributed by atoms with Crippen molar-refractivity contribution in [1.82, 2.24) is 25.1 Å². The van der Waals surface area contributed by atoms with Gasteiger partial charge in [0.05, 0.1) is 13.0 Å². The number of hydrogen-bond acceptors (Lipinski definition) is 6. The van der Waals surface area contributed by atoms with E-state index in [0.29, 0.717) is 41.7 Å². The zero-order valence-corrected chi connectivity index (χ0v) is 25.6. The Morgan fingerprint density at radius 3 is 2.45 bits per heavy atom. The van der Waals surface area contributed by atoms with E-state index >= 15 is 0 Å². The largest absolute Gasteiger partial charge is 0.444 e. The van der Waals surface area contributed by atoms with E-state index in [1.54, 1.807) is 45.0 Å². The third-order valence-corrected chi connectivity index (χ3v) is 6.97. The van der Waals surface area contributed by atoms with Crippen molar-refractivity contribution in [3.8, 4) is 11.3 Å². The number of imidazole rings is 1. The Kier molecular flexibility index (Phi) is 10.6. The molecule has 0 bridgehead atoms. The molecule has 1 aliphatic heterocycles. The molecule has 1 aromatic heterocycles. The number of carbonyl (C=O) groups is 3. The van der Waals surface area contributed by atoms with E-state index in [0.717, 1.165) is 19.3 Å². The Morgan fingerprint density at radius 1 is 1.02 bits per heavy atom. The highest BCUT2D eigenvalue weighted by molar-refractivity contribution is 5.91. The van der Waals surface area contributed by atoms with Crippen LogP contribution in [0.4, 0.5) is 25.1 Å². The Balaban J connectivity index is 1.58. The fourth-order valence-corrected chi connectivity index (χ4v) is 4.88. The van der Waals surface area contributed by atoms with Crippen molar-refractivity contribution in [3.63, 3.8) is 0 Å². The van der Waals surface area contributed by atoms with E-state index in [1.807, 2.05) is 4.57 Å². The zero-order chi connectivity index (χ0) is 31.9. The van der Waals surface area contributed by atoms with E-state index in [2.05, 4.69) is 22.9 Å². The van der Waals surface area contributed by atoms with Crippen molar-refractivity contribution in [2.75, 3.05) is 18.4 Å². The minimum atomic E-state index is -1.16. The number of hydrogen-bond donors (Lipinski definition) is 3. The molecular weight excluding hydrogens is 570 g/mol. The summed E-state index contributed by atoms with van der Waals surface area (Å²) in [5, 5.41) is 8.69. The molecule has 0 aliphatic carbocycles. The molecule has 3 N–H and O–H groups in total. The van der Waals surface area contributed by atoms with Gasteiger partial charge < -0.3 is 30.2 Å². The molecule has 0 unspecified atom stereocenters.